The van der Waals surface area contributed by atoms with Crippen molar-refractivity contribution in [3.05, 3.63) is 58.7 Å². The van der Waals surface area contributed by atoms with Gasteiger partial charge in [-0.3, -0.25) is 14.4 Å². The second-order valence-corrected chi connectivity index (χ2v) is 6.68. The van der Waals surface area contributed by atoms with Crippen LogP contribution in [0.1, 0.15) is 34.0 Å². The van der Waals surface area contributed by atoms with Crippen molar-refractivity contribution in [2.24, 2.45) is 0 Å². The average Bonchev–Trinajstić information content (AvgIpc) is 2.61. The van der Waals surface area contributed by atoms with E-state index in [0.29, 0.717) is 17.0 Å². The van der Waals surface area contributed by atoms with Crippen LogP contribution in [0.25, 0.3) is 0 Å². The molecule has 0 aromatic heterocycles. The molecule has 2 aromatic carbocycles. The third kappa shape index (κ3) is 5.57. The normalized spacial score (nSPS) is 11.4. The third-order valence-electron chi connectivity index (χ3n) is 4.10. The molecule has 0 radical (unpaired) electrons. The zero-order valence-corrected chi connectivity index (χ0v) is 16.3. The molecule has 2 rings (SSSR count). The molecule has 1 atom stereocenters. The second-order valence-electron chi connectivity index (χ2n) is 6.68. The number of carbonyl (C=O) groups is 3. The van der Waals surface area contributed by atoms with Gasteiger partial charge in [-0.25, -0.2) is 0 Å². The Kier molecular flexibility index (Phi) is 6.76. The van der Waals surface area contributed by atoms with Gasteiger partial charge in [0.15, 0.2) is 6.61 Å². The number of carboxylic acids is 1. The summed E-state index contributed by atoms with van der Waals surface area (Å²) in [5.41, 5.74) is 3.88. The van der Waals surface area contributed by atoms with Crippen LogP contribution in [-0.4, -0.2) is 35.5 Å². The van der Waals surface area contributed by atoms with Gasteiger partial charge in [-0.15, -0.1) is 0 Å². The number of hydrogen-bond donors (Lipinski definition) is 3. The summed E-state index contributed by atoms with van der Waals surface area (Å²) in [6.07, 6.45) is 0. The summed E-state index contributed by atoms with van der Waals surface area (Å²) in [7, 11) is 0. The molecule has 3 N–H and O–H groups in total. The van der Waals surface area contributed by atoms with Crippen LogP contribution >= 0.6 is 0 Å². The third-order valence-corrected chi connectivity index (χ3v) is 4.10. The number of aryl methyl sites for hydroxylation is 3. The van der Waals surface area contributed by atoms with Gasteiger partial charge < -0.3 is 20.5 Å². The molecule has 7 nitrogen and oxygen atoms in total. The molecule has 0 bridgehead atoms. The fourth-order valence-electron chi connectivity index (χ4n) is 2.78. The van der Waals surface area contributed by atoms with Crippen molar-refractivity contribution in [2.75, 3.05) is 11.9 Å². The molecule has 0 aliphatic rings. The predicted molar refractivity (Wildman–Crippen MR) is 106 cm³/mol. The summed E-state index contributed by atoms with van der Waals surface area (Å²) in [6.45, 7) is 7.11. The van der Waals surface area contributed by atoms with E-state index in [0.717, 1.165) is 16.7 Å². The lowest BCUT2D eigenvalue weighted by Crippen LogP contribution is -2.38. The summed E-state index contributed by atoms with van der Waals surface area (Å²) < 4.78 is 5.65. The number of carboxylic acid groups (broad SMARTS) is 1. The fraction of sp³-hybridized carbons (Fsp3) is 0.286. The van der Waals surface area contributed by atoms with E-state index in [1.165, 1.54) is 19.1 Å². The van der Waals surface area contributed by atoms with Crippen LogP contribution < -0.4 is 15.4 Å². The Balaban J connectivity index is 1.92. The number of hydrogen-bond acceptors (Lipinski definition) is 4. The average molecular weight is 384 g/mol. The van der Waals surface area contributed by atoms with Crippen LogP contribution in [0.5, 0.6) is 5.75 Å². The fourth-order valence-corrected chi connectivity index (χ4v) is 2.78. The van der Waals surface area contributed by atoms with Gasteiger partial charge in [0.1, 0.15) is 11.8 Å². The number of nitrogens with one attached hydrogen (secondary N) is 2. The van der Waals surface area contributed by atoms with Crippen molar-refractivity contribution >= 4 is 23.5 Å². The number of amides is 2. The van der Waals surface area contributed by atoms with Gasteiger partial charge in [0.05, 0.1) is 0 Å². The summed E-state index contributed by atoms with van der Waals surface area (Å²) in [5.74, 6) is -1.24. The maximum absolute atomic E-state index is 12.1. The monoisotopic (exact) mass is 384 g/mol. The number of rotatable bonds is 7. The maximum Gasteiger partial charge on any atom is 0.325 e. The molecule has 0 saturated heterocycles. The molecule has 2 amide bonds. The highest BCUT2D eigenvalue weighted by atomic mass is 16.5. The van der Waals surface area contributed by atoms with E-state index in [9.17, 15) is 14.4 Å². The van der Waals surface area contributed by atoms with Gasteiger partial charge in [-0.1, -0.05) is 17.7 Å². The highest BCUT2D eigenvalue weighted by molar-refractivity contribution is 5.97. The van der Waals surface area contributed by atoms with Crippen molar-refractivity contribution in [3.63, 3.8) is 0 Å². The Morgan fingerprint density at radius 1 is 1.04 bits per heavy atom. The molecule has 148 valence electrons. The largest absolute Gasteiger partial charge is 0.483 e. The quantitative estimate of drug-likeness (QED) is 0.681. The van der Waals surface area contributed by atoms with E-state index in [2.05, 4.69) is 10.6 Å². The Morgan fingerprint density at radius 2 is 1.61 bits per heavy atom. The van der Waals surface area contributed by atoms with Crippen molar-refractivity contribution < 1.29 is 24.2 Å². The lowest BCUT2D eigenvalue weighted by Gasteiger charge is -2.13. The van der Waals surface area contributed by atoms with Gasteiger partial charge in [0, 0.05) is 11.3 Å². The Hall–Kier alpha value is -3.35. The van der Waals surface area contributed by atoms with E-state index >= 15 is 0 Å². The van der Waals surface area contributed by atoms with Crippen LogP contribution in [0.4, 0.5) is 5.69 Å². The first-order valence-corrected chi connectivity index (χ1v) is 8.81. The summed E-state index contributed by atoms with van der Waals surface area (Å²) in [6, 6.07) is 9.16. The van der Waals surface area contributed by atoms with Crippen molar-refractivity contribution in [2.45, 2.75) is 33.7 Å². The molecule has 0 heterocycles. The molecule has 0 aliphatic carbocycles. The molecule has 0 aliphatic heterocycles. The van der Waals surface area contributed by atoms with E-state index in [1.807, 2.05) is 32.9 Å². The lowest BCUT2D eigenvalue weighted by molar-refractivity contribution is -0.138. The molecule has 2 aromatic rings. The summed E-state index contributed by atoms with van der Waals surface area (Å²) in [5, 5.41) is 13.9. The Morgan fingerprint density at radius 3 is 2.14 bits per heavy atom. The minimum Gasteiger partial charge on any atom is -0.483 e. The first kappa shape index (κ1) is 21.0. The number of anilines is 1. The lowest BCUT2D eigenvalue weighted by atomic mass is 10.1. The minimum atomic E-state index is -1.11. The first-order chi connectivity index (χ1) is 13.2. The Bertz CT molecular complexity index is 867. The number of aliphatic carboxylic acids is 1. The maximum atomic E-state index is 12.1. The second kappa shape index (κ2) is 9.03. The number of benzene rings is 2. The molecule has 7 heteroatoms. The Labute approximate surface area is 163 Å². The molecular weight excluding hydrogens is 360 g/mol. The first-order valence-electron chi connectivity index (χ1n) is 8.81. The van der Waals surface area contributed by atoms with Crippen molar-refractivity contribution in [3.8, 4) is 5.75 Å². The highest BCUT2D eigenvalue weighted by Crippen LogP contribution is 2.24. The van der Waals surface area contributed by atoms with Crippen LogP contribution in [-0.2, 0) is 9.59 Å². The molecule has 28 heavy (non-hydrogen) atoms. The van der Waals surface area contributed by atoms with Crippen LogP contribution in [0.3, 0.4) is 0 Å². The standard InChI is InChI=1S/C21H24N2O5/c1-12-9-13(2)19(14(3)10-12)28-11-18(24)23-17-7-5-16(6-8-17)20(25)22-15(4)21(26)27/h5-10,15H,11H2,1-4H3,(H,22,25)(H,23,24)(H,26,27). The molecular formula is C21H24N2O5. The summed E-state index contributed by atoms with van der Waals surface area (Å²) >= 11 is 0. The smallest absolute Gasteiger partial charge is 0.325 e. The predicted octanol–water partition coefficient (Wildman–Crippen LogP) is 2.83. The van der Waals surface area contributed by atoms with Crippen molar-refractivity contribution in [1.82, 2.24) is 5.32 Å². The highest BCUT2D eigenvalue weighted by Gasteiger charge is 2.15. The van der Waals surface area contributed by atoms with Crippen LogP contribution in [0.15, 0.2) is 36.4 Å². The van der Waals surface area contributed by atoms with Gasteiger partial charge in [-0.05, 0) is 63.1 Å². The van der Waals surface area contributed by atoms with Crippen molar-refractivity contribution in [1.29, 1.82) is 0 Å². The van der Waals surface area contributed by atoms with E-state index < -0.39 is 17.9 Å². The topological polar surface area (TPSA) is 105 Å². The molecule has 1 unspecified atom stereocenters. The number of carbonyl (C=O) groups excluding carboxylic acids is 2. The zero-order valence-electron chi connectivity index (χ0n) is 16.3. The van der Waals surface area contributed by atoms with E-state index in [4.69, 9.17) is 9.84 Å². The zero-order chi connectivity index (χ0) is 20.8. The van der Waals surface area contributed by atoms with Gasteiger partial charge >= 0.3 is 5.97 Å². The van der Waals surface area contributed by atoms with Gasteiger partial charge in [0.25, 0.3) is 11.8 Å². The van der Waals surface area contributed by atoms with E-state index in [1.54, 1.807) is 12.1 Å². The SMILES string of the molecule is Cc1cc(C)c(OCC(=O)Nc2ccc(C(=O)NC(C)C(=O)O)cc2)c(C)c1. The van der Waals surface area contributed by atoms with Crippen LogP contribution in [0.2, 0.25) is 0 Å². The summed E-state index contributed by atoms with van der Waals surface area (Å²) in [4.78, 5) is 34.9. The molecule has 0 spiro atoms. The van der Waals surface area contributed by atoms with E-state index in [-0.39, 0.29) is 12.5 Å². The van der Waals surface area contributed by atoms with Crippen LogP contribution in [0, 0.1) is 20.8 Å². The molecule has 0 saturated carbocycles. The van der Waals surface area contributed by atoms with Gasteiger partial charge in [0.2, 0.25) is 0 Å². The number of ether oxygens (including phenoxy) is 1. The van der Waals surface area contributed by atoms with Gasteiger partial charge in [-0.2, -0.15) is 0 Å². The minimum absolute atomic E-state index is 0.136. The molecule has 0 fully saturated rings.